The van der Waals surface area contributed by atoms with Gasteiger partial charge >= 0.3 is 5.97 Å². The molecule has 3 aromatic rings. The molecule has 0 saturated carbocycles. The molecule has 27 heavy (non-hydrogen) atoms. The van der Waals surface area contributed by atoms with Gasteiger partial charge in [0, 0.05) is 16.1 Å². The molecule has 3 rings (SSSR count). The topological polar surface area (TPSA) is 48.4 Å². The van der Waals surface area contributed by atoms with E-state index in [1.54, 1.807) is 12.1 Å². The quantitative estimate of drug-likeness (QED) is 0.542. The molecule has 0 atom stereocenters. The Morgan fingerprint density at radius 3 is 2.44 bits per heavy atom. The summed E-state index contributed by atoms with van der Waals surface area (Å²) in [6.07, 6.45) is 0.709. The summed E-state index contributed by atoms with van der Waals surface area (Å²) >= 11 is 12.4. The van der Waals surface area contributed by atoms with Gasteiger partial charge in [-0.3, -0.25) is 4.98 Å². The number of hydrogen-bond acceptors (Lipinski definition) is 4. The minimum absolute atomic E-state index is 0.174. The number of carbonyl (C=O) groups excluding carboxylic acids is 1. The number of halogens is 2. The highest BCUT2D eigenvalue weighted by atomic mass is 35.5. The van der Waals surface area contributed by atoms with Crippen LogP contribution < -0.4 is 4.74 Å². The highest BCUT2D eigenvalue weighted by Crippen LogP contribution is 2.35. The Bertz CT molecular complexity index is 1000. The van der Waals surface area contributed by atoms with E-state index < -0.39 is 5.97 Å². The van der Waals surface area contributed by atoms with Gasteiger partial charge in [-0.15, -0.1) is 0 Å². The number of esters is 1. The van der Waals surface area contributed by atoms with Crippen LogP contribution >= 0.6 is 23.2 Å². The van der Waals surface area contributed by atoms with E-state index in [4.69, 9.17) is 32.9 Å². The van der Waals surface area contributed by atoms with Gasteiger partial charge in [-0.05, 0) is 61.2 Å². The average molecular weight is 404 g/mol. The summed E-state index contributed by atoms with van der Waals surface area (Å²) in [4.78, 5) is 16.2. The number of ether oxygens (including phenoxy) is 2. The van der Waals surface area contributed by atoms with E-state index in [9.17, 15) is 4.79 Å². The molecular formula is C21H19Cl2NO3. The smallest absolute Gasteiger partial charge is 0.343 e. The van der Waals surface area contributed by atoms with Crippen LogP contribution in [0, 0.1) is 13.8 Å². The molecule has 0 bridgehead atoms. The van der Waals surface area contributed by atoms with Crippen molar-refractivity contribution in [1.82, 2.24) is 4.98 Å². The molecule has 140 valence electrons. The van der Waals surface area contributed by atoms with E-state index in [2.05, 4.69) is 4.74 Å². The molecule has 0 aliphatic heterocycles. The van der Waals surface area contributed by atoms with E-state index in [1.807, 2.05) is 38.1 Å². The monoisotopic (exact) mass is 403 g/mol. The zero-order valence-electron chi connectivity index (χ0n) is 15.3. The standard InChI is InChI=1S/C21H19Cl2NO3/c1-12-16(10-14-4-6-15(22)7-5-14)13(2)24-21-17(23)8-9-18(20(12)21)27-11-19(25)26-3/h4-9H,10-11H2,1-3H3. The molecule has 1 heterocycles. The Morgan fingerprint density at radius 2 is 1.78 bits per heavy atom. The van der Waals surface area contributed by atoms with Crippen molar-refractivity contribution in [1.29, 1.82) is 0 Å². The van der Waals surface area contributed by atoms with Crippen LogP contribution in [0.25, 0.3) is 10.9 Å². The minimum Gasteiger partial charge on any atom is -0.481 e. The number of aryl methyl sites for hydroxylation is 2. The predicted molar refractivity (Wildman–Crippen MR) is 108 cm³/mol. The molecule has 0 aliphatic rings. The number of carbonyl (C=O) groups is 1. The van der Waals surface area contributed by atoms with Gasteiger partial charge in [0.15, 0.2) is 6.61 Å². The van der Waals surface area contributed by atoms with E-state index in [0.29, 0.717) is 27.7 Å². The molecule has 0 amide bonds. The van der Waals surface area contributed by atoms with Crippen LogP contribution in [0.5, 0.6) is 5.75 Å². The molecule has 0 aliphatic carbocycles. The van der Waals surface area contributed by atoms with Gasteiger partial charge in [-0.2, -0.15) is 0 Å². The van der Waals surface area contributed by atoms with Crippen molar-refractivity contribution in [3.63, 3.8) is 0 Å². The average Bonchev–Trinajstić information content (AvgIpc) is 2.66. The van der Waals surface area contributed by atoms with Crippen molar-refractivity contribution in [3.05, 3.63) is 68.8 Å². The molecule has 0 radical (unpaired) electrons. The summed E-state index contributed by atoms with van der Waals surface area (Å²) in [6, 6.07) is 11.2. The van der Waals surface area contributed by atoms with Crippen molar-refractivity contribution in [2.24, 2.45) is 0 Å². The minimum atomic E-state index is -0.447. The van der Waals surface area contributed by atoms with Gasteiger partial charge < -0.3 is 9.47 Å². The fraction of sp³-hybridized carbons (Fsp3) is 0.238. The Balaban J connectivity index is 2.09. The third-order valence-corrected chi connectivity index (χ3v) is 5.06. The first-order chi connectivity index (χ1) is 12.9. The molecule has 0 spiro atoms. The van der Waals surface area contributed by atoms with Crippen molar-refractivity contribution in [2.75, 3.05) is 13.7 Å². The molecule has 4 nitrogen and oxygen atoms in total. The van der Waals surface area contributed by atoms with Gasteiger partial charge in [0.25, 0.3) is 0 Å². The maximum absolute atomic E-state index is 11.5. The lowest BCUT2D eigenvalue weighted by Gasteiger charge is -2.16. The maximum Gasteiger partial charge on any atom is 0.343 e. The van der Waals surface area contributed by atoms with E-state index in [-0.39, 0.29) is 6.61 Å². The molecular weight excluding hydrogens is 385 g/mol. The summed E-state index contributed by atoms with van der Waals surface area (Å²) in [5, 5.41) is 2.05. The Morgan fingerprint density at radius 1 is 1.07 bits per heavy atom. The van der Waals surface area contributed by atoms with Crippen LogP contribution in [-0.2, 0) is 16.0 Å². The molecule has 1 aromatic heterocycles. The normalized spacial score (nSPS) is 10.9. The number of benzene rings is 2. The van der Waals surface area contributed by atoms with E-state index in [0.717, 1.165) is 27.8 Å². The first-order valence-electron chi connectivity index (χ1n) is 8.43. The van der Waals surface area contributed by atoms with E-state index >= 15 is 0 Å². The number of nitrogens with zero attached hydrogens (tertiary/aromatic N) is 1. The lowest BCUT2D eigenvalue weighted by atomic mass is 9.96. The Labute approximate surface area is 168 Å². The highest BCUT2D eigenvalue weighted by Gasteiger charge is 2.17. The van der Waals surface area contributed by atoms with Gasteiger partial charge in [0.05, 0.1) is 17.6 Å². The third-order valence-electron chi connectivity index (χ3n) is 4.50. The third kappa shape index (κ3) is 4.18. The van der Waals surface area contributed by atoms with Gasteiger partial charge in [0.1, 0.15) is 5.75 Å². The molecule has 6 heteroatoms. The van der Waals surface area contributed by atoms with Crippen LogP contribution in [0.15, 0.2) is 36.4 Å². The number of hydrogen-bond donors (Lipinski definition) is 0. The van der Waals surface area contributed by atoms with Crippen molar-refractivity contribution in [2.45, 2.75) is 20.3 Å². The highest BCUT2D eigenvalue weighted by molar-refractivity contribution is 6.35. The second-order valence-electron chi connectivity index (χ2n) is 6.24. The van der Waals surface area contributed by atoms with Gasteiger partial charge in [-0.25, -0.2) is 4.79 Å². The number of pyridine rings is 1. The number of fused-ring (bicyclic) bond motifs is 1. The summed E-state index contributed by atoms with van der Waals surface area (Å²) in [6.45, 7) is 3.81. The number of rotatable bonds is 5. The molecule has 0 saturated heterocycles. The van der Waals surface area contributed by atoms with Crippen LogP contribution in [-0.4, -0.2) is 24.7 Å². The van der Waals surface area contributed by atoms with Crippen molar-refractivity contribution >= 4 is 40.1 Å². The molecule has 2 aromatic carbocycles. The van der Waals surface area contributed by atoms with Crippen LogP contribution in [0.1, 0.15) is 22.4 Å². The SMILES string of the molecule is COC(=O)COc1ccc(Cl)c2nc(C)c(Cc3ccc(Cl)cc3)c(C)c12. The molecule has 0 fully saturated rings. The van der Waals surface area contributed by atoms with Gasteiger partial charge in [0.2, 0.25) is 0 Å². The summed E-state index contributed by atoms with van der Waals surface area (Å²) < 4.78 is 10.3. The predicted octanol–water partition coefficient (Wildman–Crippen LogP) is 5.30. The lowest BCUT2D eigenvalue weighted by molar-refractivity contribution is -0.142. The van der Waals surface area contributed by atoms with Crippen LogP contribution in [0.2, 0.25) is 10.0 Å². The lowest BCUT2D eigenvalue weighted by Crippen LogP contribution is -2.13. The largest absolute Gasteiger partial charge is 0.481 e. The van der Waals surface area contributed by atoms with Crippen LogP contribution in [0.3, 0.4) is 0 Å². The van der Waals surface area contributed by atoms with Crippen molar-refractivity contribution in [3.8, 4) is 5.75 Å². The Hall–Kier alpha value is -2.30. The summed E-state index contributed by atoms with van der Waals surface area (Å²) in [5.74, 6) is 0.111. The molecule has 0 N–H and O–H groups in total. The Kier molecular flexibility index (Phi) is 5.88. The van der Waals surface area contributed by atoms with E-state index in [1.165, 1.54) is 7.11 Å². The zero-order valence-corrected chi connectivity index (χ0v) is 16.8. The van der Waals surface area contributed by atoms with Crippen molar-refractivity contribution < 1.29 is 14.3 Å². The maximum atomic E-state index is 11.5. The summed E-state index contributed by atoms with van der Waals surface area (Å²) in [7, 11) is 1.33. The second kappa shape index (κ2) is 8.15. The fourth-order valence-electron chi connectivity index (χ4n) is 3.06. The first kappa shape index (κ1) is 19.5. The number of aromatic nitrogens is 1. The fourth-order valence-corrected chi connectivity index (χ4v) is 3.38. The summed E-state index contributed by atoms with van der Waals surface area (Å²) in [5.41, 5.74) is 4.81. The first-order valence-corrected chi connectivity index (χ1v) is 9.18. The number of methoxy groups -OCH3 is 1. The second-order valence-corrected chi connectivity index (χ2v) is 7.08. The zero-order chi connectivity index (χ0) is 19.6. The van der Waals surface area contributed by atoms with Gasteiger partial charge in [-0.1, -0.05) is 35.3 Å². The molecule has 0 unspecified atom stereocenters. The van der Waals surface area contributed by atoms with Crippen LogP contribution in [0.4, 0.5) is 0 Å².